The molecule has 2 aromatic heterocycles. The van der Waals surface area contributed by atoms with Gasteiger partial charge in [-0.05, 0) is 12.1 Å². The number of nitrogens with one attached hydrogen (secondary N) is 1. The van der Waals surface area contributed by atoms with Gasteiger partial charge < -0.3 is 10.2 Å². The fourth-order valence-electron chi connectivity index (χ4n) is 1.78. The lowest BCUT2D eigenvalue weighted by molar-refractivity contribution is 0.427. The van der Waals surface area contributed by atoms with Gasteiger partial charge in [-0.1, -0.05) is 0 Å². The molecule has 0 unspecified atom stereocenters. The van der Waals surface area contributed by atoms with Crippen molar-refractivity contribution in [1.82, 2.24) is 20.3 Å². The van der Waals surface area contributed by atoms with Gasteiger partial charge in [0.05, 0.1) is 6.04 Å². The summed E-state index contributed by atoms with van der Waals surface area (Å²) in [6.45, 7) is 2.05. The second-order valence-electron chi connectivity index (χ2n) is 3.99. The van der Waals surface area contributed by atoms with Crippen molar-refractivity contribution in [2.75, 3.05) is 25.0 Å². The minimum Gasteiger partial charge on any atom is -0.354 e. The second-order valence-corrected chi connectivity index (χ2v) is 3.99. The monoisotopic (exact) mass is 215 g/mol. The third kappa shape index (κ3) is 1.49. The molecular weight excluding hydrogens is 202 g/mol. The van der Waals surface area contributed by atoms with Crippen molar-refractivity contribution >= 4 is 17.0 Å². The van der Waals surface area contributed by atoms with E-state index in [2.05, 4.69) is 32.2 Å². The first kappa shape index (κ1) is 9.47. The lowest BCUT2D eigenvalue weighted by Crippen LogP contribution is -2.56. The number of likely N-dealkylation sites (N-methyl/N-ethyl adjacent to an activating group) is 1. The van der Waals surface area contributed by atoms with Crippen LogP contribution in [0.3, 0.4) is 0 Å². The SMILES string of the molecule is CN(c1ccc2nccnc2n1)C1CNC1. The maximum absolute atomic E-state index is 4.50. The molecule has 1 fully saturated rings. The Kier molecular flexibility index (Phi) is 2.18. The Morgan fingerprint density at radius 2 is 2.06 bits per heavy atom. The molecule has 0 aliphatic carbocycles. The Balaban J connectivity index is 1.97. The quantitative estimate of drug-likeness (QED) is 0.787. The molecule has 16 heavy (non-hydrogen) atoms. The van der Waals surface area contributed by atoms with Gasteiger partial charge >= 0.3 is 0 Å². The Bertz CT molecular complexity index is 508. The Morgan fingerprint density at radius 1 is 1.25 bits per heavy atom. The van der Waals surface area contributed by atoms with E-state index in [1.807, 2.05) is 12.1 Å². The number of anilines is 1. The molecule has 0 spiro atoms. The predicted octanol–water partition coefficient (Wildman–Crippen LogP) is 0.433. The average Bonchev–Trinajstić information content (AvgIpc) is 2.26. The highest BCUT2D eigenvalue weighted by Gasteiger charge is 2.22. The van der Waals surface area contributed by atoms with E-state index in [-0.39, 0.29) is 0 Å². The zero-order valence-electron chi connectivity index (χ0n) is 9.09. The molecule has 0 bridgehead atoms. The number of fused-ring (bicyclic) bond motifs is 1. The summed E-state index contributed by atoms with van der Waals surface area (Å²) in [5.41, 5.74) is 1.55. The minimum absolute atomic E-state index is 0.543. The summed E-state index contributed by atoms with van der Waals surface area (Å²) in [6, 6.07) is 4.50. The second kappa shape index (κ2) is 3.68. The maximum Gasteiger partial charge on any atom is 0.180 e. The predicted molar refractivity (Wildman–Crippen MR) is 62.4 cm³/mol. The summed E-state index contributed by atoms with van der Waals surface area (Å²) in [7, 11) is 2.07. The van der Waals surface area contributed by atoms with Gasteiger partial charge in [0.1, 0.15) is 11.3 Å². The van der Waals surface area contributed by atoms with Crippen LogP contribution in [0.25, 0.3) is 11.2 Å². The van der Waals surface area contributed by atoms with E-state index in [0.29, 0.717) is 11.7 Å². The standard InChI is InChI=1S/C11H13N5/c1-16(8-6-12-7-8)10-3-2-9-11(15-10)14-5-4-13-9/h2-5,8,12H,6-7H2,1H3. The van der Waals surface area contributed by atoms with Gasteiger partial charge in [-0.2, -0.15) is 0 Å². The van der Waals surface area contributed by atoms with E-state index >= 15 is 0 Å². The fourth-order valence-corrected chi connectivity index (χ4v) is 1.78. The van der Waals surface area contributed by atoms with Crippen molar-refractivity contribution in [2.24, 2.45) is 0 Å². The first-order valence-corrected chi connectivity index (χ1v) is 5.36. The zero-order chi connectivity index (χ0) is 11.0. The van der Waals surface area contributed by atoms with Gasteiger partial charge in [-0.15, -0.1) is 0 Å². The molecule has 1 N–H and O–H groups in total. The summed E-state index contributed by atoms with van der Waals surface area (Å²) in [5.74, 6) is 0.958. The molecule has 5 nitrogen and oxygen atoms in total. The normalized spacial score (nSPS) is 16.1. The molecule has 0 atom stereocenters. The largest absolute Gasteiger partial charge is 0.354 e. The van der Waals surface area contributed by atoms with Gasteiger partial charge in [-0.25, -0.2) is 9.97 Å². The summed E-state index contributed by atoms with van der Waals surface area (Å²) in [5, 5.41) is 3.25. The molecule has 1 saturated heterocycles. The van der Waals surface area contributed by atoms with E-state index < -0.39 is 0 Å². The highest BCUT2D eigenvalue weighted by molar-refractivity contribution is 5.71. The van der Waals surface area contributed by atoms with Crippen LogP contribution in [0, 0.1) is 0 Å². The van der Waals surface area contributed by atoms with Crippen molar-refractivity contribution < 1.29 is 0 Å². The summed E-state index contributed by atoms with van der Waals surface area (Å²) in [6.07, 6.45) is 3.35. The maximum atomic E-state index is 4.50. The number of nitrogens with zero attached hydrogens (tertiary/aromatic N) is 4. The molecule has 1 aliphatic heterocycles. The van der Waals surface area contributed by atoms with Crippen LogP contribution in [0.4, 0.5) is 5.82 Å². The first-order valence-electron chi connectivity index (χ1n) is 5.36. The molecular formula is C11H13N5. The molecule has 3 heterocycles. The fraction of sp³-hybridized carbons (Fsp3) is 0.364. The van der Waals surface area contributed by atoms with E-state index in [1.54, 1.807) is 12.4 Å². The molecule has 3 rings (SSSR count). The van der Waals surface area contributed by atoms with Crippen molar-refractivity contribution in [1.29, 1.82) is 0 Å². The lowest BCUT2D eigenvalue weighted by Gasteiger charge is -2.36. The van der Waals surface area contributed by atoms with E-state index in [4.69, 9.17) is 0 Å². The van der Waals surface area contributed by atoms with E-state index in [0.717, 1.165) is 24.4 Å². The third-order valence-corrected chi connectivity index (χ3v) is 2.99. The third-order valence-electron chi connectivity index (χ3n) is 2.99. The van der Waals surface area contributed by atoms with Crippen LogP contribution in [-0.2, 0) is 0 Å². The zero-order valence-corrected chi connectivity index (χ0v) is 9.09. The number of pyridine rings is 1. The van der Waals surface area contributed by atoms with Crippen LogP contribution < -0.4 is 10.2 Å². The molecule has 5 heteroatoms. The van der Waals surface area contributed by atoms with Crippen molar-refractivity contribution in [3.8, 4) is 0 Å². The molecule has 1 aliphatic rings. The highest BCUT2D eigenvalue weighted by Crippen LogP contribution is 2.16. The summed E-state index contributed by atoms with van der Waals surface area (Å²) < 4.78 is 0. The first-order chi connectivity index (χ1) is 7.84. The van der Waals surface area contributed by atoms with Crippen LogP contribution in [0.1, 0.15) is 0 Å². The average molecular weight is 215 g/mol. The smallest absolute Gasteiger partial charge is 0.180 e. The lowest BCUT2D eigenvalue weighted by atomic mass is 10.1. The molecule has 82 valence electrons. The van der Waals surface area contributed by atoms with Gasteiger partial charge in [-0.3, -0.25) is 4.98 Å². The van der Waals surface area contributed by atoms with Gasteiger partial charge in [0.25, 0.3) is 0 Å². The molecule has 0 radical (unpaired) electrons. The topological polar surface area (TPSA) is 53.9 Å². The van der Waals surface area contributed by atoms with Gasteiger partial charge in [0.2, 0.25) is 0 Å². The van der Waals surface area contributed by atoms with E-state index in [9.17, 15) is 0 Å². The number of hydrogen-bond donors (Lipinski definition) is 1. The van der Waals surface area contributed by atoms with Gasteiger partial charge in [0, 0.05) is 32.5 Å². The minimum atomic E-state index is 0.543. The van der Waals surface area contributed by atoms with Crippen LogP contribution in [-0.4, -0.2) is 41.1 Å². The van der Waals surface area contributed by atoms with Crippen molar-refractivity contribution in [2.45, 2.75) is 6.04 Å². The number of hydrogen-bond acceptors (Lipinski definition) is 5. The van der Waals surface area contributed by atoms with Crippen LogP contribution in [0.2, 0.25) is 0 Å². The van der Waals surface area contributed by atoms with Crippen LogP contribution in [0.5, 0.6) is 0 Å². The number of rotatable bonds is 2. The summed E-state index contributed by atoms with van der Waals surface area (Å²) >= 11 is 0. The molecule has 0 amide bonds. The molecule has 0 saturated carbocycles. The summed E-state index contributed by atoms with van der Waals surface area (Å²) in [4.78, 5) is 15.1. The van der Waals surface area contributed by atoms with Gasteiger partial charge in [0.15, 0.2) is 5.65 Å². The van der Waals surface area contributed by atoms with Crippen LogP contribution >= 0.6 is 0 Å². The Morgan fingerprint density at radius 3 is 2.81 bits per heavy atom. The molecule has 0 aromatic carbocycles. The molecule has 2 aromatic rings. The van der Waals surface area contributed by atoms with Crippen molar-refractivity contribution in [3.63, 3.8) is 0 Å². The highest BCUT2D eigenvalue weighted by atomic mass is 15.3. The number of aromatic nitrogens is 3. The van der Waals surface area contributed by atoms with E-state index in [1.165, 1.54) is 0 Å². The van der Waals surface area contributed by atoms with Crippen molar-refractivity contribution in [3.05, 3.63) is 24.5 Å². The Hall–Kier alpha value is -1.75. The van der Waals surface area contributed by atoms with Crippen LogP contribution in [0.15, 0.2) is 24.5 Å². The Labute approximate surface area is 93.5 Å².